The van der Waals surface area contributed by atoms with E-state index < -0.39 is 17.7 Å². The van der Waals surface area contributed by atoms with Gasteiger partial charge in [-0.25, -0.2) is 9.59 Å². The van der Waals surface area contributed by atoms with Crippen molar-refractivity contribution in [1.82, 2.24) is 5.32 Å². The Morgan fingerprint density at radius 2 is 1.86 bits per heavy atom. The molecule has 0 spiro atoms. The van der Waals surface area contributed by atoms with E-state index in [-0.39, 0.29) is 11.1 Å². The Balaban J connectivity index is 2.71. The SMILES string of the molecule is COC(=O)/C(=C/CC(C)CCC(C)(C)c1cccc(I)c1)NC(=O)OC(C)(C)C. The molecular formula is C23H34INO4. The summed E-state index contributed by atoms with van der Waals surface area (Å²) in [5.41, 5.74) is 0.873. The van der Waals surface area contributed by atoms with Crippen LogP contribution in [0.2, 0.25) is 0 Å². The van der Waals surface area contributed by atoms with Gasteiger partial charge in [0, 0.05) is 3.57 Å². The summed E-state index contributed by atoms with van der Waals surface area (Å²) in [6, 6.07) is 8.59. The molecule has 1 N–H and O–H groups in total. The van der Waals surface area contributed by atoms with E-state index in [2.05, 4.69) is 72.9 Å². The highest BCUT2D eigenvalue weighted by atomic mass is 127. The normalized spacial score (nSPS) is 13.6. The van der Waals surface area contributed by atoms with Crippen molar-refractivity contribution in [3.63, 3.8) is 0 Å². The van der Waals surface area contributed by atoms with E-state index in [4.69, 9.17) is 9.47 Å². The molecule has 5 nitrogen and oxygen atoms in total. The molecule has 1 aromatic rings. The zero-order chi connectivity index (χ0) is 22.2. The van der Waals surface area contributed by atoms with Gasteiger partial charge in [0.05, 0.1) is 7.11 Å². The van der Waals surface area contributed by atoms with Crippen LogP contribution >= 0.6 is 22.6 Å². The molecule has 1 rings (SSSR count). The number of halogens is 1. The number of allylic oxidation sites excluding steroid dienone is 1. The molecule has 1 aromatic carbocycles. The van der Waals surface area contributed by atoms with E-state index >= 15 is 0 Å². The predicted molar refractivity (Wildman–Crippen MR) is 125 cm³/mol. The fourth-order valence-electron chi connectivity index (χ4n) is 2.81. The minimum absolute atomic E-state index is 0.0686. The Hall–Kier alpha value is -1.57. The van der Waals surface area contributed by atoms with Crippen LogP contribution in [0.25, 0.3) is 0 Å². The van der Waals surface area contributed by atoms with Gasteiger partial charge in [-0.1, -0.05) is 39.0 Å². The molecule has 0 aliphatic carbocycles. The first-order chi connectivity index (χ1) is 13.3. The van der Waals surface area contributed by atoms with E-state index in [1.54, 1.807) is 26.8 Å². The van der Waals surface area contributed by atoms with Gasteiger partial charge >= 0.3 is 12.1 Å². The van der Waals surface area contributed by atoms with Gasteiger partial charge in [0.15, 0.2) is 0 Å². The van der Waals surface area contributed by atoms with Crippen LogP contribution in [0, 0.1) is 9.49 Å². The summed E-state index contributed by atoms with van der Waals surface area (Å²) < 4.78 is 11.2. The van der Waals surface area contributed by atoms with Gasteiger partial charge in [-0.15, -0.1) is 0 Å². The fraction of sp³-hybridized carbons (Fsp3) is 0.565. The van der Waals surface area contributed by atoms with Crippen LogP contribution < -0.4 is 5.32 Å². The van der Waals surface area contributed by atoms with Crippen molar-refractivity contribution in [1.29, 1.82) is 0 Å². The molecule has 0 aliphatic rings. The highest BCUT2D eigenvalue weighted by molar-refractivity contribution is 14.1. The molecule has 0 saturated heterocycles. The predicted octanol–water partition coefficient (Wildman–Crippen LogP) is 5.96. The second-order valence-corrected chi connectivity index (χ2v) is 10.3. The van der Waals surface area contributed by atoms with Gasteiger partial charge in [0.25, 0.3) is 0 Å². The van der Waals surface area contributed by atoms with Crippen molar-refractivity contribution >= 4 is 34.7 Å². The van der Waals surface area contributed by atoms with Gasteiger partial charge < -0.3 is 9.47 Å². The third-order valence-electron chi connectivity index (χ3n) is 4.63. The fourth-order valence-corrected chi connectivity index (χ4v) is 3.35. The van der Waals surface area contributed by atoms with E-state index in [1.807, 2.05) is 0 Å². The van der Waals surface area contributed by atoms with Crippen LogP contribution in [0.15, 0.2) is 36.0 Å². The summed E-state index contributed by atoms with van der Waals surface area (Å²) in [6.07, 6.45) is 3.73. The summed E-state index contributed by atoms with van der Waals surface area (Å²) in [6.45, 7) is 12.0. The van der Waals surface area contributed by atoms with Crippen LogP contribution in [0.1, 0.15) is 66.4 Å². The van der Waals surface area contributed by atoms with Gasteiger partial charge in [-0.05, 0) is 91.7 Å². The largest absolute Gasteiger partial charge is 0.464 e. The van der Waals surface area contributed by atoms with E-state index in [0.717, 1.165) is 12.8 Å². The average Bonchev–Trinajstić information content (AvgIpc) is 2.61. The number of nitrogens with one attached hydrogen (secondary N) is 1. The van der Waals surface area contributed by atoms with E-state index in [0.29, 0.717) is 12.3 Å². The molecule has 29 heavy (non-hydrogen) atoms. The number of benzene rings is 1. The van der Waals surface area contributed by atoms with Crippen molar-refractivity contribution in [2.75, 3.05) is 7.11 Å². The molecule has 1 atom stereocenters. The lowest BCUT2D eigenvalue weighted by Gasteiger charge is -2.27. The third kappa shape index (κ3) is 9.65. The number of rotatable bonds is 8. The van der Waals surface area contributed by atoms with Crippen LogP contribution in [0.3, 0.4) is 0 Å². The molecule has 1 amide bonds. The second-order valence-electron chi connectivity index (χ2n) is 9.01. The number of alkyl carbamates (subject to hydrolysis) is 1. The Kier molecular flexibility index (Phi) is 9.65. The summed E-state index contributed by atoms with van der Waals surface area (Å²) in [5.74, 6) is -0.237. The maximum Gasteiger partial charge on any atom is 0.412 e. The maximum atomic E-state index is 12.0. The molecule has 0 saturated carbocycles. The van der Waals surface area contributed by atoms with Gasteiger partial charge in [-0.2, -0.15) is 0 Å². The van der Waals surface area contributed by atoms with Gasteiger partial charge in [-0.3, -0.25) is 5.32 Å². The topological polar surface area (TPSA) is 64.6 Å². The van der Waals surface area contributed by atoms with Gasteiger partial charge in [0.2, 0.25) is 0 Å². The molecule has 0 fully saturated rings. The number of methoxy groups -OCH3 is 1. The van der Waals surface area contributed by atoms with Crippen molar-refractivity contribution in [2.24, 2.45) is 5.92 Å². The number of amides is 1. The number of hydrogen-bond acceptors (Lipinski definition) is 4. The summed E-state index contributed by atoms with van der Waals surface area (Å²) in [4.78, 5) is 24.0. The lowest BCUT2D eigenvalue weighted by Crippen LogP contribution is -2.34. The first-order valence-electron chi connectivity index (χ1n) is 9.88. The van der Waals surface area contributed by atoms with Crippen LogP contribution in [-0.4, -0.2) is 24.8 Å². The highest BCUT2D eigenvalue weighted by Gasteiger charge is 2.22. The number of hydrogen-bond donors (Lipinski definition) is 1. The third-order valence-corrected chi connectivity index (χ3v) is 5.30. The van der Waals surface area contributed by atoms with Crippen LogP contribution in [0.4, 0.5) is 4.79 Å². The van der Waals surface area contributed by atoms with Crippen molar-refractivity contribution in [3.8, 4) is 0 Å². The molecule has 0 aliphatic heterocycles. The Bertz CT molecular complexity index is 735. The summed E-state index contributed by atoms with van der Waals surface area (Å²) in [7, 11) is 1.29. The Morgan fingerprint density at radius 1 is 1.21 bits per heavy atom. The quantitative estimate of drug-likeness (QED) is 0.264. The van der Waals surface area contributed by atoms with Crippen LogP contribution in [-0.2, 0) is 19.7 Å². The molecular weight excluding hydrogens is 481 g/mol. The molecule has 6 heteroatoms. The minimum Gasteiger partial charge on any atom is -0.464 e. The Labute approximate surface area is 188 Å². The van der Waals surface area contributed by atoms with Gasteiger partial charge in [0.1, 0.15) is 11.3 Å². The van der Waals surface area contributed by atoms with E-state index in [1.165, 1.54) is 16.2 Å². The molecule has 162 valence electrons. The smallest absolute Gasteiger partial charge is 0.412 e. The molecule has 1 unspecified atom stereocenters. The zero-order valence-corrected chi connectivity index (χ0v) is 20.8. The molecule has 0 aromatic heterocycles. The van der Waals surface area contributed by atoms with E-state index in [9.17, 15) is 9.59 Å². The maximum absolute atomic E-state index is 12.0. The summed E-state index contributed by atoms with van der Waals surface area (Å²) in [5, 5.41) is 2.51. The van der Waals surface area contributed by atoms with Crippen molar-refractivity contribution in [3.05, 3.63) is 45.2 Å². The summed E-state index contributed by atoms with van der Waals surface area (Å²) >= 11 is 2.34. The zero-order valence-electron chi connectivity index (χ0n) is 18.6. The number of ether oxygens (including phenoxy) is 2. The lowest BCUT2D eigenvalue weighted by molar-refractivity contribution is -0.136. The lowest BCUT2D eigenvalue weighted by atomic mass is 9.78. The number of esters is 1. The molecule has 0 heterocycles. The van der Waals surface area contributed by atoms with Crippen molar-refractivity contribution in [2.45, 2.75) is 71.8 Å². The molecule has 0 radical (unpaired) electrons. The first kappa shape index (κ1) is 25.5. The second kappa shape index (κ2) is 11.0. The number of carbonyl (C=O) groups excluding carboxylic acids is 2. The molecule has 0 bridgehead atoms. The Morgan fingerprint density at radius 3 is 2.41 bits per heavy atom. The van der Waals surface area contributed by atoms with Crippen LogP contribution in [0.5, 0.6) is 0 Å². The first-order valence-corrected chi connectivity index (χ1v) is 11.0. The van der Waals surface area contributed by atoms with Crippen molar-refractivity contribution < 1.29 is 19.1 Å². The standard InChI is InChI=1S/C23H34INO4/c1-16(13-14-23(5,6)17-9-8-10-18(24)15-17)11-12-19(20(26)28-7)25-21(27)29-22(2,3)4/h8-10,12,15-16H,11,13-14H2,1-7H3,(H,25,27)/b19-12-. The number of carbonyl (C=O) groups is 2. The average molecular weight is 515 g/mol. The minimum atomic E-state index is -0.665. The monoisotopic (exact) mass is 515 g/mol. The highest BCUT2D eigenvalue weighted by Crippen LogP contribution is 2.31.